The molecule has 0 saturated carbocycles. The van der Waals surface area contributed by atoms with Gasteiger partial charge in [0.15, 0.2) is 0 Å². The number of aryl methyl sites for hydroxylation is 1. The van der Waals surface area contributed by atoms with Gasteiger partial charge in [-0.05, 0) is 42.3 Å². The number of benzene rings is 3. The number of imidazole rings is 1. The molecule has 0 atom stereocenters. The summed E-state index contributed by atoms with van der Waals surface area (Å²) in [6.07, 6.45) is 0. The van der Waals surface area contributed by atoms with Crippen LogP contribution in [0.15, 0.2) is 72.8 Å². The lowest BCUT2D eigenvalue weighted by molar-refractivity contribution is 1.15. The zero-order valence-electron chi connectivity index (χ0n) is 14.1. The van der Waals surface area contributed by atoms with Gasteiger partial charge in [-0.2, -0.15) is 0 Å². The maximum Gasteiger partial charge on any atom is 0.205 e. The number of hydrogen-bond acceptors (Lipinski definition) is 3. The average Bonchev–Trinajstić information content (AvgIpc) is 3.04. The van der Waals surface area contributed by atoms with Gasteiger partial charge < -0.3 is 15.6 Å². The van der Waals surface area contributed by atoms with Crippen LogP contribution in [0, 0.1) is 6.92 Å². The summed E-state index contributed by atoms with van der Waals surface area (Å²) in [7, 11) is 0. The third kappa shape index (κ3) is 3.48. The summed E-state index contributed by atoms with van der Waals surface area (Å²) >= 11 is 0. The lowest BCUT2D eigenvalue weighted by Crippen LogP contribution is -1.98. The Morgan fingerprint density at radius 1 is 0.920 bits per heavy atom. The predicted molar refractivity (Wildman–Crippen MR) is 104 cm³/mol. The van der Waals surface area contributed by atoms with Crippen LogP contribution in [-0.4, -0.2) is 9.97 Å². The minimum absolute atomic E-state index is 0.754. The third-order valence-electron chi connectivity index (χ3n) is 4.22. The summed E-state index contributed by atoms with van der Waals surface area (Å²) in [5.74, 6) is 0.754. The molecule has 0 saturated heterocycles. The highest BCUT2D eigenvalue weighted by molar-refractivity contribution is 5.82. The van der Waals surface area contributed by atoms with Crippen LogP contribution in [-0.2, 0) is 6.54 Å². The maximum atomic E-state index is 4.61. The molecule has 0 aliphatic carbocycles. The second-order valence-electron chi connectivity index (χ2n) is 6.10. The Bertz CT molecular complexity index is 989. The average molecular weight is 328 g/mol. The van der Waals surface area contributed by atoms with Gasteiger partial charge in [0.1, 0.15) is 0 Å². The first-order valence-corrected chi connectivity index (χ1v) is 8.38. The van der Waals surface area contributed by atoms with E-state index >= 15 is 0 Å². The van der Waals surface area contributed by atoms with Crippen LogP contribution < -0.4 is 10.6 Å². The summed E-state index contributed by atoms with van der Waals surface area (Å²) in [4.78, 5) is 7.96. The van der Waals surface area contributed by atoms with Gasteiger partial charge in [-0.3, -0.25) is 0 Å². The Labute approximate surface area is 146 Å². The summed E-state index contributed by atoms with van der Waals surface area (Å²) in [6, 6.07) is 24.7. The number of nitrogens with one attached hydrogen (secondary N) is 3. The van der Waals surface area contributed by atoms with Crippen LogP contribution in [0.2, 0.25) is 0 Å². The number of rotatable bonds is 5. The van der Waals surface area contributed by atoms with E-state index in [1.54, 1.807) is 0 Å². The highest BCUT2D eigenvalue weighted by Gasteiger charge is 2.05. The van der Waals surface area contributed by atoms with E-state index in [-0.39, 0.29) is 0 Å². The fourth-order valence-corrected chi connectivity index (χ4v) is 2.82. The first-order chi connectivity index (χ1) is 12.3. The third-order valence-corrected chi connectivity index (χ3v) is 4.22. The number of fused-ring (bicyclic) bond motifs is 1. The molecular weight excluding hydrogens is 308 g/mol. The molecule has 4 nitrogen and oxygen atoms in total. The van der Waals surface area contributed by atoms with E-state index in [1.165, 1.54) is 11.1 Å². The number of anilines is 3. The molecule has 0 aliphatic rings. The molecule has 0 fully saturated rings. The van der Waals surface area contributed by atoms with Crippen LogP contribution in [0.5, 0.6) is 0 Å². The summed E-state index contributed by atoms with van der Waals surface area (Å²) in [6.45, 7) is 2.88. The van der Waals surface area contributed by atoms with Gasteiger partial charge >= 0.3 is 0 Å². The molecule has 0 spiro atoms. The van der Waals surface area contributed by atoms with Crippen molar-refractivity contribution in [3.63, 3.8) is 0 Å². The van der Waals surface area contributed by atoms with Gasteiger partial charge in [-0.15, -0.1) is 0 Å². The highest BCUT2D eigenvalue weighted by atomic mass is 15.1. The topological polar surface area (TPSA) is 52.7 Å². The Kier molecular flexibility index (Phi) is 4.09. The van der Waals surface area contributed by atoms with Gasteiger partial charge in [-0.25, -0.2) is 4.98 Å². The van der Waals surface area contributed by atoms with E-state index in [9.17, 15) is 0 Å². The van der Waals surface area contributed by atoms with Crippen molar-refractivity contribution in [1.82, 2.24) is 9.97 Å². The molecular formula is C21H20N4. The Hall–Kier alpha value is -3.27. The standard InChI is InChI=1S/C21H20N4/c1-15-7-5-6-10-18(15)23-21-24-19-12-11-17(13-20(19)25-21)22-14-16-8-3-2-4-9-16/h2-13,22H,14H2,1H3,(H2,23,24,25). The fourth-order valence-electron chi connectivity index (χ4n) is 2.82. The first-order valence-electron chi connectivity index (χ1n) is 8.38. The highest BCUT2D eigenvalue weighted by Crippen LogP contribution is 2.23. The molecule has 124 valence electrons. The van der Waals surface area contributed by atoms with Crippen LogP contribution in [0.1, 0.15) is 11.1 Å². The van der Waals surface area contributed by atoms with E-state index in [2.05, 4.69) is 76.1 Å². The molecule has 1 heterocycles. The zero-order valence-corrected chi connectivity index (χ0v) is 14.1. The van der Waals surface area contributed by atoms with Crippen molar-refractivity contribution in [1.29, 1.82) is 0 Å². The molecule has 4 heteroatoms. The molecule has 1 aromatic heterocycles. The Morgan fingerprint density at radius 2 is 1.72 bits per heavy atom. The van der Waals surface area contributed by atoms with Crippen molar-refractivity contribution in [3.8, 4) is 0 Å². The lowest BCUT2D eigenvalue weighted by Gasteiger charge is -2.06. The molecule has 4 rings (SSSR count). The lowest BCUT2D eigenvalue weighted by atomic mass is 10.2. The van der Waals surface area contributed by atoms with E-state index in [0.29, 0.717) is 0 Å². The van der Waals surface area contributed by atoms with Crippen molar-refractivity contribution in [2.45, 2.75) is 13.5 Å². The minimum atomic E-state index is 0.754. The van der Waals surface area contributed by atoms with E-state index in [4.69, 9.17) is 0 Å². The van der Waals surface area contributed by atoms with E-state index < -0.39 is 0 Å². The summed E-state index contributed by atoms with van der Waals surface area (Å²) in [5.41, 5.74) is 6.53. The quantitative estimate of drug-likeness (QED) is 0.470. The van der Waals surface area contributed by atoms with Crippen LogP contribution >= 0.6 is 0 Å². The zero-order chi connectivity index (χ0) is 17.1. The number of aromatic amines is 1. The van der Waals surface area contributed by atoms with Crippen molar-refractivity contribution in [2.24, 2.45) is 0 Å². The molecule has 25 heavy (non-hydrogen) atoms. The first kappa shape index (κ1) is 15.3. The number of nitrogens with zero attached hydrogens (tertiary/aromatic N) is 1. The van der Waals surface area contributed by atoms with Gasteiger partial charge in [-0.1, -0.05) is 48.5 Å². The van der Waals surface area contributed by atoms with Crippen molar-refractivity contribution in [2.75, 3.05) is 10.6 Å². The fraction of sp³-hybridized carbons (Fsp3) is 0.0952. The minimum Gasteiger partial charge on any atom is -0.381 e. The van der Waals surface area contributed by atoms with E-state index in [0.717, 1.165) is 34.9 Å². The summed E-state index contributed by atoms with van der Waals surface area (Å²) in [5, 5.41) is 6.80. The van der Waals surface area contributed by atoms with E-state index in [1.807, 2.05) is 24.3 Å². The normalized spacial score (nSPS) is 10.8. The van der Waals surface area contributed by atoms with Crippen LogP contribution in [0.3, 0.4) is 0 Å². The summed E-state index contributed by atoms with van der Waals surface area (Å²) < 4.78 is 0. The molecule has 3 N–H and O–H groups in total. The van der Waals surface area contributed by atoms with Crippen molar-refractivity contribution < 1.29 is 0 Å². The molecule has 3 aromatic carbocycles. The number of aromatic nitrogens is 2. The molecule has 4 aromatic rings. The van der Waals surface area contributed by atoms with Crippen LogP contribution in [0.4, 0.5) is 17.3 Å². The van der Waals surface area contributed by atoms with Crippen molar-refractivity contribution in [3.05, 3.63) is 83.9 Å². The SMILES string of the molecule is Cc1ccccc1Nc1nc2ccc(NCc3ccccc3)cc2[nH]1. The Balaban J connectivity index is 1.52. The largest absolute Gasteiger partial charge is 0.381 e. The van der Waals surface area contributed by atoms with Gasteiger partial charge in [0.05, 0.1) is 11.0 Å². The molecule has 0 radical (unpaired) electrons. The second-order valence-corrected chi connectivity index (χ2v) is 6.10. The second kappa shape index (κ2) is 6.69. The molecule has 0 amide bonds. The predicted octanol–water partition coefficient (Wildman–Crippen LogP) is 5.23. The molecule has 0 unspecified atom stereocenters. The smallest absolute Gasteiger partial charge is 0.205 e. The van der Waals surface area contributed by atoms with Gasteiger partial charge in [0.2, 0.25) is 5.95 Å². The van der Waals surface area contributed by atoms with Crippen LogP contribution in [0.25, 0.3) is 11.0 Å². The number of para-hydroxylation sites is 1. The van der Waals surface area contributed by atoms with Crippen molar-refractivity contribution >= 4 is 28.4 Å². The maximum absolute atomic E-state index is 4.61. The van der Waals surface area contributed by atoms with Gasteiger partial charge in [0, 0.05) is 17.9 Å². The molecule has 0 aliphatic heterocycles. The number of hydrogen-bond donors (Lipinski definition) is 3. The molecule has 0 bridgehead atoms. The number of H-pyrrole nitrogens is 1. The van der Waals surface area contributed by atoms with Gasteiger partial charge in [0.25, 0.3) is 0 Å². The monoisotopic (exact) mass is 328 g/mol. The Morgan fingerprint density at radius 3 is 2.56 bits per heavy atom.